The molecule has 2 aliphatic rings. The number of carbonyl (C=O) groups is 1. The van der Waals surface area contributed by atoms with E-state index < -0.39 is 0 Å². The highest BCUT2D eigenvalue weighted by Gasteiger charge is 2.35. The van der Waals surface area contributed by atoms with Crippen LogP contribution in [0.2, 0.25) is 0 Å². The number of benzene rings is 1. The summed E-state index contributed by atoms with van der Waals surface area (Å²) >= 11 is 0. The molecule has 1 aliphatic heterocycles. The van der Waals surface area contributed by atoms with Crippen LogP contribution in [0.5, 0.6) is 5.75 Å². The fraction of sp³-hybridized carbons (Fsp3) is 0.600. The Balaban J connectivity index is 0.00000272. The van der Waals surface area contributed by atoms with Crippen molar-refractivity contribution >= 4 is 5.97 Å². The van der Waals surface area contributed by atoms with Crippen molar-refractivity contribution in [2.75, 3.05) is 7.11 Å². The van der Waals surface area contributed by atoms with Crippen molar-refractivity contribution in [1.29, 1.82) is 0 Å². The standard InChI is InChI=1S/C25H35N2O3.ClH/c1-17(2)21-12-7-18(3)14-23(21)30-25(28)16-26-15-22(27-13-5-6-24(26)27)19-8-10-20(29-4)11-9-19;/h8-11,15,17-18,21,23H,5-7,12-14,16H2,1-4H3;1H/q+1;/p-1. The topological polar surface area (TPSA) is 44.3 Å². The van der Waals surface area contributed by atoms with E-state index in [1.807, 2.05) is 12.1 Å². The van der Waals surface area contributed by atoms with E-state index in [1.165, 1.54) is 12.2 Å². The molecule has 2 heterocycles. The molecule has 31 heavy (non-hydrogen) atoms. The predicted octanol–water partition coefficient (Wildman–Crippen LogP) is 1.41. The first-order chi connectivity index (χ1) is 14.5. The number of esters is 1. The monoisotopic (exact) mass is 446 g/mol. The molecule has 1 aromatic heterocycles. The first-order valence-electron chi connectivity index (χ1n) is 11.4. The van der Waals surface area contributed by atoms with Gasteiger partial charge in [0.1, 0.15) is 18.1 Å². The zero-order valence-corrected chi connectivity index (χ0v) is 19.9. The van der Waals surface area contributed by atoms with Crippen LogP contribution in [-0.2, 0) is 29.0 Å². The Morgan fingerprint density at radius 2 is 1.97 bits per heavy atom. The van der Waals surface area contributed by atoms with Crippen molar-refractivity contribution in [2.45, 2.75) is 72.1 Å². The van der Waals surface area contributed by atoms with Gasteiger partial charge in [-0.1, -0.05) is 27.2 Å². The lowest BCUT2D eigenvalue weighted by molar-refractivity contribution is -0.692. The van der Waals surface area contributed by atoms with Gasteiger partial charge in [-0.2, -0.15) is 0 Å². The van der Waals surface area contributed by atoms with Crippen LogP contribution in [0.1, 0.15) is 52.3 Å². The highest BCUT2D eigenvalue weighted by atomic mass is 35.5. The number of carbonyl (C=O) groups excluding carboxylic acids is 1. The molecule has 0 saturated heterocycles. The van der Waals surface area contributed by atoms with Crippen molar-refractivity contribution in [3.05, 3.63) is 36.3 Å². The summed E-state index contributed by atoms with van der Waals surface area (Å²) in [6, 6.07) is 8.14. The first-order valence-corrected chi connectivity index (χ1v) is 11.4. The van der Waals surface area contributed by atoms with Crippen LogP contribution in [0.15, 0.2) is 30.5 Å². The molecule has 1 saturated carbocycles. The van der Waals surface area contributed by atoms with Gasteiger partial charge in [0, 0.05) is 5.56 Å². The van der Waals surface area contributed by atoms with Crippen LogP contribution in [0, 0.1) is 17.8 Å². The normalized spacial score (nSPS) is 22.7. The molecule has 1 aromatic carbocycles. The van der Waals surface area contributed by atoms with E-state index in [-0.39, 0.29) is 24.5 Å². The van der Waals surface area contributed by atoms with Crippen LogP contribution < -0.4 is 21.7 Å². The van der Waals surface area contributed by atoms with E-state index in [9.17, 15) is 4.79 Å². The van der Waals surface area contributed by atoms with Gasteiger partial charge in [-0.15, -0.1) is 0 Å². The van der Waals surface area contributed by atoms with Gasteiger partial charge in [0.2, 0.25) is 0 Å². The van der Waals surface area contributed by atoms with E-state index in [0.29, 0.717) is 24.3 Å². The van der Waals surface area contributed by atoms with Crippen LogP contribution in [0.25, 0.3) is 11.3 Å². The van der Waals surface area contributed by atoms with Crippen molar-refractivity contribution in [1.82, 2.24) is 4.57 Å². The molecule has 4 rings (SSSR count). The molecule has 3 atom stereocenters. The number of halogens is 1. The Morgan fingerprint density at radius 1 is 1.23 bits per heavy atom. The lowest BCUT2D eigenvalue weighted by Gasteiger charge is -2.36. The highest BCUT2D eigenvalue weighted by molar-refractivity contribution is 5.68. The molecule has 170 valence electrons. The predicted molar refractivity (Wildman–Crippen MR) is 116 cm³/mol. The Morgan fingerprint density at radius 3 is 2.65 bits per heavy atom. The van der Waals surface area contributed by atoms with Crippen LogP contribution >= 0.6 is 0 Å². The largest absolute Gasteiger partial charge is 1.00 e. The van der Waals surface area contributed by atoms with Gasteiger partial charge in [-0.3, -0.25) is 0 Å². The number of fused-ring (bicyclic) bond motifs is 1. The third-order valence-electron chi connectivity index (χ3n) is 6.92. The van der Waals surface area contributed by atoms with E-state index in [2.05, 4.69) is 48.2 Å². The van der Waals surface area contributed by atoms with E-state index in [1.54, 1.807) is 7.11 Å². The summed E-state index contributed by atoms with van der Waals surface area (Å²) < 4.78 is 15.8. The summed E-state index contributed by atoms with van der Waals surface area (Å²) in [5, 5.41) is 0. The Hall–Kier alpha value is -2.01. The van der Waals surface area contributed by atoms with Crippen molar-refractivity contribution < 1.29 is 31.2 Å². The lowest BCUT2D eigenvalue weighted by atomic mass is 9.75. The smallest absolute Gasteiger partial charge is 0.348 e. The maximum absolute atomic E-state index is 12.9. The molecule has 2 aromatic rings. The number of methoxy groups -OCH3 is 1. The quantitative estimate of drug-likeness (QED) is 0.497. The molecule has 0 bridgehead atoms. The minimum atomic E-state index is -0.105. The van der Waals surface area contributed by atoms with Crippen molar-refractivity contribution in [3.63, 3.8) is 0 Å². The van der Waals surface area contributed by atoms with Gasteiger partial charge >= 0.3 is 5.97 Å². The number of ether oxygens (including phenoxy) is 2. The summed E-state index contributed by atoms with van der Waals surface area (Å²) in [6.45, 7) is 8.06. The third-order valence-corrected chi connectivity index (χ3v) is 6.92. The molecule has 0 spiro atoms. The molecular formula is C25H35ClN2O3. The van der Waals surface area contributed by atoms with Gasteiger partial charge < -0.3 is 21.9 Å². The van der Waals surface area contributed by atoms with Crippen LogP contribution in [0.4, 0.5) is 0 Å². The summed E-state index contributed by atoms with van der Waals surface area (Å²) in [5.41, 5.74) is 2.30. The third kappa shape index (κ3) is 5.08. The summed E-state index contributed by atoms with van der Waals surface area (Å²) in [5.74, 6) is 3.62. The van der Waals surface area contributed by atoms with Crippen LogP contribution in [-0.4, -0.2) is 23.8 Å². The molecule has 5 nitrogen and oxygen atoms in total. The number of nitrogens with zero attached hydrogens (tertiary/aromatic N) is 2. The second kappa shape index (κ2) is 10.1. The fourth-order valence-electron chi connectivity index (χ4n) is 5.23. The summed E-state index contributed by atoms with van der Waals surface area (Å²) in [7, 11) is 1.68. The molecule has 0 N–H and O–H groups in total. The number of imidazole rings is 1. The Bertz CT molecular complexity index is 891. The number of rotatable bonds is 6. The molecule has 6 heteroatoms. The Labute approximate surface area is 192 Å². The maximum Gasteiger partial charge on any atom is 0.348 e. The second-order valence-electron chi connectivity index (χ2n) is 9.40. The minimum Gasteiger partial charge on any atom is -1.00 e. The average Bonchev–Trinajstić information content (AvgIpc) is 3.32. The van der Waals surface area contributed by atoms with Crippen LogP contribution in [0.3, 0.4) is 0 Å². The number of aromatic nitrogens is 2. The fourth-order valence-corrected chi connectivity index (χ4v) is 5.23. The number of hydrogen-bond acceptors (Lipinski definition) is 3. The SMILES string of the molecule is COc1ccc(-c2c[n+](CC(=O)OC3CC(C)CCC3C(C)C)c3n2CCC3)cc1.[Cl-]. The molecule has 0 amide bonds. The maximum atomic E-state index is 12.9. The molecule has 1 aliphatic carbocycles. The van der Waals surface area contributed by atoms with Crippen molar-refractivity contribution in [3.8, 4) is 17.0 Å². The van der Waals surface area contributed by atoms with Crippen molar-refractivity contribution in [2.24, 2.45) is 17.8 Å². The second-order valence-corrected chi connectivity index (χ2v) is 9.40. The van der Waals surface area contributed by atoms with Gasteiger partial charge in [-0.25, -0.2) is 13.9 Å². The highest BCUT2D eigenvalue weighted by Crippen LogP contribution is 2.35. The lowest BCUT2D eigenvalue weighted by Crippen LogP contribution is -3.00. The average molecular weight is 447 g/mol. The molecule has 0 radical (unpaired) electrons. The zero-order valence-electron chi connectivity index (χ0n) is 19.1. The van der Waals surface area contributed by atoms with E-state index in [4.69, 9.17) is 9.47 Å². The number of hydrogen-bond donors (Lipinski definition) is 0. The summed E-state index contributed by atoms with van der Waals surface area (Å²) in [6.07, 6.45) is 7.67. The first kappa shape index (κ1) is 23.6. The zero-order chi connectivity index (χ0) is 21.3. The molecule has 1 fully saturated rings. The van der Waals surface area contributed by atoms with Gasteiger partial charge in [0.05, 0.1) is 20.1 Å². The summed E-state index contributed by atoms with van der Waals surface area (Å²) in [4.78, 5) is 12.9. The molecular weight excluding hydrogens is 412 g/mol. The van der Waals surface area contributed by atoms with Gasteiger partial charge in [0.25, 0.3) is 5.82 Å². The van der Waals surface area contributed by atoms with Gasteiger partial charge in [0.15, 0.2) is 12.2 Å². The Kier molecular flexibility index (Phi) is 7.68. The minimum absolute atomic E-state index is 0. The van der Waals surface area contributed by atoms with E-state index in [0.717, 1.165) is 49.2 Å². The van der Waals surface area contributed by atoms with Gasteiger partial charge in [-0.05, 0) is 61.3 Å². The molecule has 3 unspecified atom stereocenters. The van der Waals surface area contributed by atoms with E-state index >= 15 is 0 Å².